The molecule has 3 heteroatoms. The molecule has 0 radical (unpaired) electrons. The first kappa shape index (κ1) is 9.16. The Labute approximate surface area is 86.7 Å². The maximum Gasteiger partial charge on any atom is 0.106 e. The third-order valence-corrected chi connectivity index (χ3v) is 3.51. The van der Waals surface area contributed by atoms with Crippen LogP contribution in [0.25, 0.3) is 0 Å². The summed E-state index contributed by atoms with van der Waals surface area (Å²) in [6, 6.07) is 4.12. The zero-order valence-electron chi connectivity index (χ0n) is 7.46. The average molecular weight is 241 g/mol. The highest BCUT2D eigenvalue weighted by Crippen LogP contribution is 2.42. The molecule has 70 valence electrons. The van der Waals surface area contributed by atoms with Crippen LogP contribution in [0.4, 0.5) is 0 Å². The summed E-state index contributed by atoms with van der Waals surface area (Å²) in [5.74, 6) is 0. The Morgan fingerprint density at radius 3 is 2.62 bits per heavy atom. The topological polar surface area (TPSA) is 38.9 Å². The molecule has 0 bridgehead atoms. The smallest absolute Gasteiger partial charge is 0.106 e. The van der Waals surface area contributed by atoms with E-state index in [1.54, 1.807) is 0 Å². The van der Waals surface area contributed by atoms with E-state index in [2.05, 4.69) is 27.0 Å². The first-order chi connectivity index (χ1) is 6.27. The van der Waals surface area contributed by atoms with Crippen LogP contribution < -0.4 is 5.73 Å². The minimum Gasteiger partial charge on any atom is -0.330 e. The fourth-order valence-electron chi connectivity index (χ4n) is 1.90. The van der Waals surface area contributed by atoms with Crippen molar-refractivity contribution < 1.29 is 0 Å². The molecular formula is C10H13BrN2. The first-order valence-electron chi connectivity index (χ1n) is 4.59. The van der Waals surface area contributed by atoms with Gasteiger partial charge in [-0.3, -0.25) is 0 Å². The number of pyridine rings is 1. The summed E-state index contributed by atoms with van der Waals surface area (Å²) in [4.78, 5) is 4.24. The van der Waals surface area contributed by atoms with Gasteiger partial charge in [0.15, 0.2) is 0 Å². The molecular weight excluding hydrogens is 228 g/mol. The van der Waals surface area contributed by atoms with Crippen molar-refractivity contribution in [2.24, 2.45) is 5.73 Å². The average Bonchev–Trinajstić information content (AvgIpc) is 2.07. The summed E-state index contributed by atoms with van der Waals surface area (Å²) in [6.45, 7) is 0.746. The van der Waals surface area contributed by atoms with Gasteiger partial charge in [0.1, 0.15) is 4.60 Å². The molecule has 0 amide bonds. The fourth-order valence-corrected chi connectivity index (χ4v) is 2.14. The molecule has 1 aromatic heterocycles. The largest absolute Gasteiger partial charge is 0.330 e. The molecule has 1 aliphatic rings. The van der Waals surface area contributed by atoms with Crippen molar-refractivity contribution in [3.8, 4) is 0 Å². The first-order valence-corrected chi connectivity index (χ1v) is 5.38. The zero-order chi connectivity index (χ0) is 9.31. The minimum absolute atomic E-state index is 0.244. The molecule has 13 heavy (non-hydrogen) atoms. The van der Waals surface area contributed by atoms with Crippen molar-refractivity contribution in [3.05, 3.63) is 28.5 Å². The van der Waals surface area contributed by atoms with Gasteiger partial charge in [-0.15, -0.1) is 0 Å². The van der Waals surface area contributed by atoms with E-state index in [-0.39, 0.29) is 5.41 Å². The van der Waals surface area contributed by atoms with E-state index in [0.29, 0.717) is 0 Å². The van der Waals surface area contributed by atoms with Gasteiger partial charge in [-0.05, 0) is 40.4 Å². The summed E-state index contributed by atoms with van der Waals surface area (Å²) in [6.07, 6.45) is 5.67. The Hall–Kier alpha value is -0.410. The highest BCUT2D eigenvalue weighted by Gasteiger charge is 2.37. The number of nitrogens with two attached hydrogens (primary N) is 1. The second-order valence-electron chi connectivity index (χ2n) is 3.71. The zero-order valence-corrected chi connectivity index (χ0v) is 9.05. The highest BCUT2D eigenvalue weighted by atomic mass is 79.9. The Morgan fingerprint density at radius 2 is 2.23 bits per heavy atom. The van der Waals surface area contributed by atoms with Crippen LogP contribution in [-0.4, -0.2) is 11.5 Å². The van der Waals surface area contributed by atoms with E-state index in [0.717, 1.165) is 11.1 Å². The van der Waals surface area contributed by atoms with Gasteiger partial charge in [-0.2, -0.15) is 0 Å². The number of nitrogens with zero attached hydrogens (tertiary/aromatic N) is 1. The second kappa shape index (κ2) is 3.39. The van der Waals surface area contributed by atoms with Crippen molar-refractivity contribution in [2.75, 3.05) is 6.54 Å². The van der Waals surface area contributed by atoms with E-state index in [1.165, 1.54) is 24.8 Å². The summed E-state index contributed by atoms with van der Waals surface area (Å²) in [5.41, 5.74) is 7.34. The lowest BCUT2D eigenvalue weighted by Gasteiger charge is -2.41. The van der Waals surface area contributed by atoms with E-state index in [1.807, 2.05) is 12.3 Å². The van der Waals surface area contributed by atoms with Gasteiger partial charge in [0, 0.05) is 18.2 Å². The van der Waals surface area contributed by atoms with E-state index in [4.69, 9.17) is 5.73 Å². The number of rotatable bonds is 2. The third kappa shape index (κ3) is 1.51. The molecule has 1 saturated carbocycles. The van der Waals surface area contributed by atoms with Gasteiger partial charge in [0.05, 0.1) is 0 Å². The van der Waals surface area contributed by atoms with Crippen LogP contribution in [-0.2, 0) is 5.41 Å². The fraction of sp³-hybridized carbons (Fsp3) is 0.500. The van der Waals surface area contributed by atoms with Crippen LogP contribution in [0.2, 0.25) is 0 Å². The van der Waals surface area contributed by atoms with Crippen LogP contribution in [0.3, 0.4) is 0 Å². The Bertz CT molecular complexity index is 285. The van der Waals surface area contributed by atoms with E-state index >= 15 is 0 Å². The standard InChI is InChI=1S/C10H13BrN2/c11-9-3-2-8(6-13-9)10(7-12)4-1-5-10/h2-3,6H,1,4-5,7,12H2. The van der Waals surface area contributed by atoms with Crippen molar-refractivity contribution in [1.82, 2.24) is 4.98 Å². The van der Waals surface area contributed by atoms with E-state index in [9.17, 15) is 0 Å². The van der Waals surface area contributed by atoms with Crippen LogP contribution in [0, 0.1) is 0 Å². The molecule has 2 N–H and O–H groups in total. The predicted octanol–water partition coefficient (Wildman–Crippen LogP) is 2.22. The summed E-state index contributed by atoms with van der Waals surface area (Å²) in [5, 5.41) is 0. The SMILES string of the molecule is NCC1(c2ccc(Br)nc2)CCC1. The van der Waals surface area contributed by atoms with Crippen LogP contribution in [0.1, 0.15) is 24.8 Å². The second-order valence-corrected chi connectivity index (χ2v) is 4.52. The van der Waals surface area contributed by atoms with Gasteiger partial charge < -0.3 is 5.73 Å². The van der Waals surface area contributed by atoms with Crippen LogP contribution in [0.5, 0.6) is 0 Å². The Balaban J connectivity index is 2.28. The maximum atomic E-state index is 5.80. The molecule has 0 atom stereocenters. The molecule has 0 aromatic carbocycles. The number of hydrogen-bond donors (Lipinski definition) is 1. The van der Waals surface area contributed by atoms with Crippen LogP contribution >= 0.6 is 15.9 Å². The minimum atomic E-state index is 0.244. The van der Waals surface area contributed by atoms with Gasteiger partial charge in [0.2, 0.25) is 0 Å². The lowest BCUT2D eigenvalue weighted by molar-refractivity contribution is 0.252. The van der Waals surface area contributed by atoms with Crippen molar-refractivity contribution in [1.29, 1.82) is 0 Å². The molecule has 0 unspecified atom stereocenters. The molecule has 1 aromatic rings. The number of hydrogen-bond acceptors (Lipinski definition) is 2. The lowest BCUT2D eigenvalue weighted by Crippen LogP contribution is -2.41. The van der Waals surface area contributed by atoms with Gasteiger partial charge in [-0.1, -0.05) is 12.5 Å². The lowest BCUT2D eigenvalue weighted by atomic mass is 9.65. The normalized spacial score (nSPS) is 19.5. The van der Waals surface area contributed by atoms with Crippen LogP contribution in [0.15, 0.2) is 22.9 Å². The molecule has 0 saturated heterocycles. The monoisotopic (exact) mass is 240 g/mol. The number of halogens is 1. The highest BCUT2D eigenvalue weighted by molar-refractivity contribution is 9.10. The summed E-state index contributed by atoms with van der Waals surface area (Å²) < 4.78 is 0.891. The Kier molecular flexibility index (Phi) is 2.39. The maximum absolute atomic E-state index is 5.80. The quantitative estimate of drug-likeness (QED) is 0.806. The van der Waals surface area contributed by atoms with Gasteiger partial charge in [0.25, 0.3) is 0 Å². The molecule has 0 aliphatic heterocycles. The molecule has 0 spiro atoms. The van der Waals surface area contributed by atoms with Gasteiger partial charge in [-0.25, -0.2) is 4.98 Å². The molecule has 1 aliphatic carbocycles. The molecule has 1 fully saturated rings. The van der Waals surface area contributed by atoms with Crippen molar-refractivity contribution in [2.45, 2.75) is 24.7 Å². The van der Waals surface area contributed by atoms with E-state index < -0.39 is 0 Å². The van der Waals surface area contributed by atoms with Gasteiger partial charge >= 0.3 is 0 Å². The predicted molar refractivity (Wildman–Crippen MR) is 56.5 cm³/mol. The summed E-state index contributed by atoms with van der Waals surface area (Å²) >= 11 is 3.33. The number of aromatic nitrogens is 1. The molecule has 1 heterocycles. The summed E-state index contributed by atoms with van der Waals surface area (Å²) in [7, 11) is 0. The molecule has 2 nitrogen and oxygen atoms in total. The molecule has 2 rings (SSSR count). The van der Waals surface area contributed by atoms with Crippen molar-refractivity contribution in [3.63, 3.8) is 0 Å². The van der Waals surface area contributed by atoms with Crippen molar-refractivity contribution >= 4 is 15.9 Å². The Morgan fingerprint density at radius 1 is 1.46 bits per heavy atom. The third-order valence-electron chi connectivity index (χ3n) is 3.04.